The van der Waals surface area contributed by atoms with Crippen molar-refractivity contribution in [2.75, 3.05) is 56.6 Å². The Balaban J connectivity index is 1.98. The molecule has 1 amide bonds. The van der Waals surface area contributed by atoms with Gasteiger partial charge in [-0.3, -0.25) is 4.79 Å². The monoisotopic (exact) mass is 461 g/mol. The van der Waals surface area contributed by atoms with Crippen molar-refractivity contribution in [3.05, 3.63) is 29.6 Å². The second kappa shape index (κ2) is 9.99. The second-order valence-corrected chi connectivity index (χ2v) is 10.4. The van der Waals surface area contributed by atoms with Gasteiger partial charge in [0.2, 0.25) is 17.8 Å². The molecule has 2 N–H and O–H groups in total. The highest BCUT2D eigenvalue weighted by molar-refractivity contribution is 7.99. The number of halogens is 1. The number of carbonyl (C=O) groups is 1. The van der Waals surface area contributed by atoms with Crippen LogP contribution >= 0.6 is 11.8 Å². The molecule has 1 aromatic heterocycles. The highest BCUT2D eigenvalue weighted by Gasteiger charge is 2.22. The zero-order chi connectivity index (χ0) is 23.5. The zero-order valence-corrected chi connectivity index (χ0v) is 20.2. The van der Waals surface area contributed by atoms with E-state index in [1.165, 1.54) is 18.2 Å². The van der Waals surface area contributed by atoms with Crippen molar-refractivity contribution < 1.29 is 9.18 Å². The summed E-state index contributed by atoms with van der Waals surface area (Å²) in [5, 5.41) is 0.379. The lowest BCUT2D eigenvalue weighted by Gasteiger charge is -2.28. The van der Waals surface area contributed by atoms with Crippen LogP contribution in [0.4, 0.5) is 16.3 Å². The summed E-state index contributed by atoms with van der Waals surface area (Å²) in [5.74, 6) is 0.0574. The van der Waals surface area contributed by atoms with E-state index in [4.69, 9.17) is 10.7 Å². The molecule has 8 nitrogen and oxygen atoms in total. The lowest BCUT2D eigenvalue weighted by Crippen LogP contribution is -2.33. The lowest BCUT2D eigenvalue weighted by molar-refractivity contribution is 0.1000. The van der Waals surface area contributed by atoms with E-state index in [0.29, 0.717) is 17.1 Å². The highest BCUT2D eigenvalue weighted by Crippen LogP contribution is 2.31. The first kappa shape index (κ1) is 24.2. The number of nitrogens with zero attached hydrogens (tertiary/aromatic N) is 6. The lowest BCUT2D eigenvalue weighted by atomic mass is 9.96. The minimum atomic E-state index is -0.609. The fourth-order valence-electron chi connectivity index (χ4n) is 3.56. The predicted molar refractivity (Wildman–Crippen MR) is 126 cm³/mol. The Bertz CT molecular complexity index is 966. The summed E-state index contributed by atoms with van der Waals surface area (Å²) in [6.45, 7) is 10.8. The molecule has 0 atom stereocenters. The molecule has 0 unspecified atom stereocenters. The van der Waals surface area contributed by atoms with Crippen molar-refractivity contribution in [2.45, 2.75) is 37.2 Å². The van der Waals surface area contributed by atoms with E-state index in [-0.39, 0.29) is 15.9 Å². The summed E-state index contributed by atoms with van der Waals surface area (Å²) in [6.07, 6.45) is 1.01. The largest absolute Gasteiger partial charge is 0.366 e. The summed E-state index contributed by atoms with van der Waals surface area (Å²) < 4.78 is 14.5. The molecule has 3 rings (SSSR count). The van der Waals surface area contributed by atoms with Crippen molar-refractivity contribution in [3.63, 3.8) is 0 Å². The number of carbonyl (C=O) groups excluding carboxylic acids is 1. The minimum absolute atomic E-state index is 0.0437. The molecule has 0 saturated carbocycles. The Labute approximate surface area is 193 Å². The van der Waals surface area contributed by atoms with Gasteiger partial charge in [0.1, 0.15) is 5.82 Å². The minimum Gasteiger partial charge on any atom is -0.366 e. The SMILES string of the molecule is CN1CCCN(c2nc(Sc3cc(C(N)=O)ccc3F)nc(N(C)CC(C)(C)C)n2)CC1. The summed E-state index contributed by atoms with van der Waals surface area (Å²) in [7, 11) is 4.05. The number of hydrogen-bond acceptors (Lipinski definition) is 8. The van der Waals surface area contributed by atoms with Gasteiger partial charge in [-0.05, 0) is 55.4 Å². The Morgan fingerprint density at radius 1 is 1.19 bits per heavy atom. The van der Waals surface area contributed by atoms with E-state index in [1.807, 2.05) is 11.9 Å². The first-order chi connectivity index (χ1) is 15.0. The van der Waals surface area contributed by atoms with Crippen LogP contribution in [0.2, 0.25) is 0 Å². The van der Waals surface area contributed by atoms with Gasteiger partial charge in [0, 0.05) is 38.8 Å². The second-order valence-electron chi connectivity index (χ2n) is 9.39. The summed E-state index contributed by atoms with van der Waals surface area (Å²) in [4.78, 5) is 32.2. The Kier molecular flexibility index (Phi) is 7.55. The van der Waals surface area contributed by atoms with Crippen LogP contribution in [0.1, 0.15) is 37.6 Å². The number of hydrogen-bond donors (Lipinski definition) is 1. The van der Waals surface area contributed by atoms with Gasteiger partial charge in [-0.1, -0.05) is 20.8 Å². The molecule has 2 heterocycles. The smallest absolute Gasteiger partial charge is 0.248 e. The number of benzene rings is 1. The van der Waals surface area contributed by atoms with E-state index < -0.39 is 11.7 Å². The van der Waals surface area contributed by atoms with Crippen LogP contribution in [-0.4, -0.2) is 72.6 Å². The Morgan fingerprint density at radius 3 is 2.62 bits per heavy atom. The normalized spacial score (nSPS) is 15.5. The molecular weight excluding hydrogens is 429 g/mol. The maximum absolute atomic E-state index is 14.5. The molecule has 1 aliphatic rings. The van der Waals surface area contributed by atoms with Crippen LogP contribution in [0.5, 0.6) is 0 Å². The first-order valence-electron chi connectivity index (χ1n) is 10.7. The number of nitrogens with two attached hydrogens (primary N) is 1. The third kappa shape index (κ3) is 6.52. The molecular formula is C22H32FN7OS. The number of rotatable bonds is 6. The summed E-state index contributed by atoms with van der Waals surface area (Å²) in [6, 6.07) is 4.05. The summed E-state index contributed by atoms with van der Waals surface area (Å²) in [5.41, 5.74) is 5.65. The third-order valence-electron chi connectivity index (χ3n) is 5.06. The van der Waals surface area contributed by atoms with Crippen molar-refractivity contribution in [2.24, 2.45) is 11.1 Å². The molecule has 2 aromatic rings. The summed E-state index contributed by atoms with van der Waals surface area (Å²) >= 11 is 1.07. The van der Waals surface area contributed by atoms with Crippen LogP contribution < -0.4 is 15.5 Å². The fourth-order valence-corrected chi connectivity index (χ4v) is 4.36. The van der Waals surface area contributed by atoms with Gasteiger partial charge in [-0.25, -0.2) is 4.39 Å². The molecule has 1 aromatic carbocycles. The van der Waals surface area contributed by atoms with Gasteiger partial charge < -0.3 is 20.4 Å². The molecule has 1 saturated heterocycles. The molecule has 0 radical (unpaired) electrons. The highest BCUT2D eigenvalue weighted by atomic mass is 32.2. The third-order valence-corrected chi connectivity index (χ3v) is 5.96. The van der Waals surface area contributed by atoms with E-state index in [2.05, 4.69) is 47.6 Å². The predicted octanol–water partition coefficient (Wildman–Crippen LogP) is 2.89. The zero-order valence-electron chi connectivity index (χ0n) is 19.4. The van der Waals surface area contributed by atoms with Gasteiger partial charge in [0.05, 0.1) is 4.90 Å². The molecule has 174 valence electrons. The number of likely N-dealkylation sites (N-methyl/N-ethyl adjacent to an activating group) is 1. The fraction of sp³-hybridized carbons (Fsp3) is 0.545. The molecule has 1 aliphatic heterocycles. The number of amides is 1. The van der Waals surface area contributed by atoms with E-state index in [9.17, 15) is 9.18 Å². The van der Waals surface area contributed by atoms with Crippen LogP contribution in [0.15, 0.2) is 28.3 Å². The quantitative estimate of drug-likeness (QED) is 0.702. The first-order valence-corrected chi connectivity index (χ1v) is 11.5. The van der Waals surface area contributed by atoms with E-state index >= 15 is 0 Å². The van der Waals surface area contributed by atoms with Gasteiger partial charge in [0.15, 0.2) is 5.16 Å². The van der Waals surface area contributed by atoms with E-state index in [1.54, 1.807) is 0 Å². The van der Waals surface area contributed by atoms with Crippen molar-refractivity contribution >= 4 is 29.6 Å². The van der Waals surface area contributed by atoms with Gasteiger partial charge in [-0.15, -0.1) is 0 Å². The molecule has 32 heavy (non-hydrogen) atoms. The van der Waals surface area contributed by atoms with Crippen LogP contribution in [0.25, 0.3) is 0 Å². The molecule has 0 aliphatic carbocycles. The molecule has 0 bridgehead atoms. The topological polar surface area (TPSA) is 91.5 Å². The van der Waals surface area contributed by atoms with Crippen molar-refractivity contribution in [1.29, 1.82) is 0 Å². The van der Waals surface area contributed by atoms with Gasteiger partial charge >= 0.3 is 0 Å². The Hall–Kier alpha value is -2.46. The molecule has 0 spiro atoms. The maximum Gasteiger partial charge on any atom is 0.248 e. The van der Waals surface area contributed by atoms with Gasteiger partial charge in [0.25, 0.3) is 0 Å². The van der Waals surface area contributed by atoms with Crippen LogP contribution in [0, 0.1) is 11.2 Å². The molecule has 10 heteroatoms. The Morgan fingerprint density at radius 2 is 1.94 bits per heavy atom. The number of anilines is 2. The maximum atomic E-state index is 14.5. The number of primary amides is 1. The van der Waals surface area contributed by atoms with Crippen LogP contribution in [0.3, 0.4) is 0 Å². The average Bonchev–Trinajstić information content (AvgIpc) is 2.92. The van der Waals surface area contributed by atoms with Crippen molar-refractivity contribution in [1.82, 2.24) is 19.9 Å². The van der Waals surface area contributed by atoms with E-state index in [0.717, 1.165) is 50.9 Å². The standard InChI is InChI=1S/C22H32FN7OS/c1-22(2,3)14-29(5)19-25-20(30-10-6-9-28(4)11-12-30)27-21(26-19)32-17-13-15(18(24)31)7-8-16(17)23/h7-8,13H,6,9-12,14H2,1-5H3,(H2,24,31). The molecule has 1 fully saturated rings. The number of aromatic nitrogens is 3. The van der Waals surface area contributed by atoms with Crippen molar-refractivity contribution in [3.8, 4) is 0 Å². The average molecular weight is 462 g/mol. The van der Waals surface area contributed by atoms with Crippen LogP contribution in [-0.2, 0) is 0 Å². The van der Waals surface area contributed by atoms with Gasteiger partial charge in [-0.2, -0.15) is 15.0 Å².